The van der Waals surface area contributed by atoms with E-state index in [4.69, 9.17) is 0 Å². The Balaban J connectivity index is 1.87. The van der Waals surface area contributed by atoms with Crippen molar-refractivity contribution in [3.63, 3.8) is 0 Å². The van der Waals surface area contributed by atoms with Gasteiger partial charge in [0.2, 0.25) is 0 Å². The van der Waals surface area contributed by atoms with Gasteiger partial charge in [-0.15, -0.1) is 0 Å². The van der Waals surface area contributed by atoms with Gasteiger partial charge in [-0.3, -0.25) is 4.90 Å². The maximum atomic E-state index is 12.8. The van der Waals surface area contributed by atoms with E-state index in [0.29, 0.717) is 26.2 Å². The van der Waals surface area contributed by atoms with Crippen LogP contribution in [0.2, 0.25) is 0 Å². The van der Waals surface area contributed by atoms with Crippen LogP contribution in [-0.2, 0) is 0 Å². The molecule has 1 amide bonds. The van der Waals surface area contributed by atoms with E-state index >= 15 is 0 Å². The van der Waals surface area contributed by atoms with Crippen LogP contribution in [0, 0.1) is 11.8 Å². The van der Waals surface area contributed by atoms with E-state index in [1.165, 1.54) is 4.90 Å². The number of rotatable bonds is 2. The smallest absolute Gasteiger partial charge is 0.257 e. The number of fused-ring (bicyclic) bond motifs is 1. The molecule has 0 spiro atoms. The molecule has 2 saturated heterocycles. The summed E-state index contributed by atoms with van der Waals surface area (Å²) in [6.45, 7) is 2.67. The van der Waals surface area contributed by atoms with Crippen molar-refractivity contribution in [3.05, 3.63) is 0 Å². The number of alkyl halides is 2. The summed E-state index contributed by atoms with van der Waals surface area (Å²) >= 11 is 0. The Morgan fingerprint density at radius 1 is 1.31 bits per heavy atom. The highest BCUT2D eigenvalue weighted by molar-refractivity contribution is 5.63. The summed E-state index contributed by atoms with van der Waals surface area (Å²) in [6, 6.07) is 0. The first-order chi connectivity index (χ1) is 7.35. The Morgan fingerprint density at radius 3 is 2.19 bits per heavy atom. The summed E-state index contributed by atoms with van der Waals surface area (Å²) in [5.41, 5.74) is 0. The van der Waals surface area contributed by atoms with Crippen molar-refractivity contribution in [1.82, 2.24) is 9.80 Å². The van der Waals surface area contributed by atoms with Gasteiger partial charge in [-0.25, -0.2) is 8.78 Å². The molecular weight excluding hydrogens is 218 g/mol. The highest BCUT2D eigenvalue weighted by Crippen LogP contribution is 2.32. The first-order valence-corrected chi connectivity index (χ1v) is 5.41. The molecule has 0 unspecified atom stereocenters. The molecule has 2 atom stereocenters. The lowest BCUT2D eigenvalue weighted by Crippen LogP contribution is -2.42. The first kappa shape index (κ1) is 11.6. The average Bonchev–Trinajstić information content (AvgIpc) is 2.56. The monoisotopic (exact) mass is 233 g/mol. The Kier molecular flexibility index (Phi) is 2.77. The highest BCUT2D eigenvalue weighted by Gasteiger charge is 2.41. The van der Waals surface area contributed by atoms with Crippen molar-refractivity contribution >= 4 is 6.09 Å². The summed E-state index contributed by atoms with van der Waals surface area (Å²) in [4.78, 5) is 13.6. The number of amides is 1. The van der Waals surface area contributed by atoms with Crippen molar-refractivity contribution in [1.29, 1.82) is 0 Å². The summed E-state index contributed by atoms with van der Waals surface area (Å²) < 4.78 is 25.6. The first-order valence-electron chi connectivity index (χ1n) is 5.41. The van der Waals surface area contributed by atoms with Gasteiger partial charge in [-0.2, -0.15) is 0 Å². The molecule has 2 aliphatic rings. The lowest BCUT2D eigenvalue weighted by Gasteiger charge is -2.24. The minimum absolute atomic E-state index is 0.195. The van der Waals surface area contributed by atoms with E-state index in [9.17, 15) is 18.7 Å². The lowest BCUT2D eigenvalue weighted by molar-refractivity contribution is -0.264. The molecule has 0 saturated carbocycles. The fourth-order valence-electron chi connectivity index (χ4n) is 2.76. The molecule has 0 aromatic rings. The molecule has 16 heavy (non-hydrogen) atoms. The van der Waals surface area contributed by atoms with Crippen LogP contribution in [0.3, 0.4) is 0 Å². The van der Waals surface area contributed by atoms with Gasteiger partial charge in [-0.1, -0.05) is 0 Å². The Labute approximate surface area is 92.8 Å². The van der Waals surface area contributed by atoms with E-state index in [1.807, 2.05) is 0 Å². The van der Waals surface area contributed by atoms with E-state index < -0.39 is 12.0 Å². The Morgan fingerprint density at radius 2 is 1.81 bits per heavy atom. The number of likely N-dealkylation sites (tertiary alicyclic amines) is 2. The van der Waals surface area contributed by atoms with Gasteiger partial charge in [0.15, 0.2) is 0 Å². The zero-order valence-corrected chi connectivity index (χ0v) is 9.16. The SMILES string of the molecule is CC(F)(F)CN1C[C@@H]2CN(C(=O)[O-])C[C@@H]2C1. The number of carbonyl (C=O) groups excluding carboxylic acids is 1. The normalized spacial score (nSPS) is 30.8. The molecule has 0 aliphatic carbocycles. The zero-order valence-electron chi connectivity index (χ0n) is 9.16. The van der Waals surface area contributed by atoms with Crippen LogP contribution < -0.4 is 5.11 Å². The van der Waals surface area contributed by atoms with Gasteiger partial charge in [0, 0.05) is 33.1 Å². The van der Waals surface area contributed by atoms with E-state index in [2.05, 4.69) is 0 Å². The summed E-state index contributed by atoms with van der Waals surface area (Å²) in [6.07, 6.45) is -1.15. The second-order valence-electron chi connectivity index (χ2n) is 4.96. The molecule has 2 heterocycles. The Bertz CT molecular complexity index is 279. The van der Waals surface area contributed by atoms with Crippen LogP contribution in [0.5, 0.6) is 0 Å². The molecule has 2 aliphatic heterocycles. The van der Waals surface area contributed by atoms with Gasteiger partial charge < -0.3 is 14.8 Å². The minimum Gasteiger partial charge on any atom is -0.530 e. The second-order valence-corrected chi connectivity index (χ2v) is 4.96. The van der Waals surface area contributed by atoms with Gasteiger partial charge in [0.1, 0.15) is 6.09 Å². The van der Waals surface area contributed by atoms with Gasteiger partial charge in [0.05, 0.1) is 6.54 Å². The largest absolute Gasteiger partial charge is 0.530 e. The van der Waals surface area contributed by atoms with Crippen molar-refractivity contribution < 1.29 is 18.7 Å². The topological polar surface area (TPSA) is 46.6 Å². The molecule has 0 aromatic carbocycles. The summed E-state index contributed by atoms with van der Waals surface area (Å²) in [5.74, 6) is -2.28. The van der Waals surface area contributed by atoms with Crippen molar-refractivity contribution in [3.8, 4) is 0 Å². The molecular formula is C10H15F2N2O2-. The number of nitrogens with zero attached hydrogens (tertiary/aromatic N) is 2. The zero-order chi connectivity index (χ0) is 11.9. The predicted octanol–water partition coefficient (Wildman–Crippen LogP) is -0.151. The van der Waals surface area contributed by atoms with Crippen LogP contribution in [0.15, 0.2) is 0 Å². The second kappa shape index (κ2) is 3.84. The van der Waals surface area contributed by atoms with Gasteiger partial charge in [-0.05, 0) is 11.8 Å². The number of carbonyl (C=O) groups is 1. The fraction of sp³-hybridized carbons (Fsp3) is 0.900. The number of hydrogen-bond donors (Lipinski definition) is 0. The molecule has 92 valence electrons. The van der Waals surface area contributed by atoms with E-state index in [0.717, 1.165) is 6.92 Å². The third kappa shape index (κ3) is 2.42. The number of hydrogen-bond acceptors (Lipinski definition) is 3. The third-order valence-corrected chi connectivity index (χ3v) is 3.32. The predicted molar refractivity (Wildman–Crippen MR) is 51.0 cm³/mol. The molecule has 0 radical (unpaired) electrons. The molecule has 0 aromatic heterocycles. The third-order valence-electron chi connectivity index (χ3n) is 3.32. The van der Waals surface area contributed by atoms with E-state index in [1.54, 1.807) is 4.90 Å². The number of halogens is 2. The average molecular weight is 233 g/mol. The quantitative estimate of drug-likeness (QED) is 0.666. The number of carboxylic acid groups (broad SMARTS) is 1. The van der Waals surface area contributed by atoms with Crippen LogP contribution >= 0.6 is 0 Å². The van der Waals surface area contributed by atoms with Gasteiger partial charge >= 0.3 is 0 Å². The maximum absolute atomic E-state index is 12.8. The maximum Gasteiger partial charge on any atom is 0.257 e. The molecule has 0 bridgehead atoms. The molecule has 2 rings (SSSR count). The molecule has 0 N–H and O–H groups in total. The van der Waals surface area contributed by atoms with Crippen LogP contribution in [0.25, 0.3) is 0 Å². The highest BCUT2D eigenvalue weighted by atomic mass is 19.3. The summed E-state index contributed by atoms with van der Waals surface area (Å²) in [5, 5.41) is 10.6. The van der Waals surface area contributed by atoms with E-state index in [-0.39, 0.29) is 18.4 Å². The minimum atomic E-state index is -2.67. The standard InChI is InChI=1S/C10H16F2N2O2/c1-10(11,12)6-13-2-7-4-14(9(15)16)5-8(7)3-13/h7-8H,2-6H2,1H3,(H,15,16)/p-1/t7-,8+. The summed E-state index contributed by atoms with van der Waals surface area (Å²) in [7, 11) is 0. The molecule has 2 fully saturated rings. The van der Waals surface area contributed by atoms with Crippen molar-refractivity contribution in [2.24, 2.45) is 11.8 Å². The van der Waals surface area contributed by atoms with Gasteiger partial charge in [0.25, 0.3) is 5.92 Å². The fourth-order valence-corrected chi connectivity index (χ4v) is 2.76. The van der Waals surface area contributed by atoms with Crippen molar-refractivity contribution in [2.75, 3.05) is 32.7 Å². The molecule has 4 nitrogen and oxygen atoms in total. The Hall–Kier alpha value is -0.910. The van der Waals surface area contributed by atoms with Crippen LogP contribution in [-0.4, -0.2) is 54.5 Å². The van der Waals surface area contributed by atoms with Crippen LogP contribution in [0.4, 0.5) is 13.6 Å². The lowest BCUT2D eigenvalue weighted by atomic mass is 10.0. The van der Waals surface area contributed by atoms with Crippen LogP contribution in [0.1, 0.15) is 6.92 Å². The molecule has 6 heteroatoms. The van der Waals surface area contributed by atoms with Crippen molar-refractivity contribution in [2.45, 2.75) is 12.8 Å².